The van der Waals surface area contributed by atoms with Crippen LogP contribution in [0.1, 0.15) is 43.1 Å². The number of aliphatic hydroxyl groups excluding tert-OH is 1. The molecule has 1 aromatic carbocycles. The molecule has 0 saturated carbocycles. The highest BCUT2D eigenvalue weighted by Gasteiger charge is 2.39. The van der Waals surface area contributed by atoms with E-state index in [0.29, 0.717) is 0 Å². The molecule has 0 fully saturated rings. The lowest BCUT2D eigenvalue weighted by Gasteiger charge is -2.20. The minimum atomic E-state index is -0.347. The van der Waals surface area contributed by atoms with E-state index < -0.39 is 0 Å². The Labute approximate surface area is 107 Å². The van der Waals surface area contributed by atoms with Crippen molar-refractivity contribution in [3.8, 4) is 0 Å². The highest BCUT2D eigenvalue weighted by atomic mass is 79.9. The van der Waals surface area contributed by atoms with Crippen molar-refractivity contribution in [2.75, 3.05) is 0 Å². The van der Waals surface area contributed by atoms with Gasteiger partial charge in [0.15, 0.2) is 0 Å². The molecule has 1 aliphatic rings. The van der Waals surface area contributed by atoms with E-state index in [0.717, 1.165) is 26.5 Å². The summed E-state index contributed by atoms with van der Waals surface area (Å²) >= 11 is 7.18. The molecule has 0 unspecified atom stereocenters. The lowest BCUT2D eigenvalue weighted by molar-refractivity contribution is 0.161. The number of fused-ring (bicyclic) bond motifs is 1. The fraction of sp³-hybridized carbons (Fsp3) is 0.500. The first-order valence-corrected chi connectivity index (χ1v) is 6.60. The number of aryl methyl sites for hydroxylation is 1. The maximum absolute atomic E-state index is 10.1. The zero-order valence-corrected chi connectivity index (χ0v) is 12.2. The molecule has 1 N–H and O–H groups in total. The third-order valence-corrected chi connectivity index (χ3v) is 4.83. The number of benzene rings is 1. The van der Waals surface area contributed by atoms with Crippen LogP contribution >= 0.6 is 31.9 Å². The van der Waals surface area contributed by atoms with E-state index in [4.69, 9.17) is 0 Å². The van der Waals surface area contributed by atoms with Crippen molar-refractivity contribution in [2.45, 2.75) is 38.7 Å². The van der Waals surface area contributed by atoms with Crippen molar-refractivity contribution in [1.82, 2.24) is 0 Å². The van der Waals surface area contributed by atoms with Gasteiger partial charge < -0.3 is 5.11 Å². The molecule has 15 heavy (non-hydrogen) atoms. The van der Waals surface area contributed by atoms with Crippen molar-refractivity contribution in [2.24, 2.45) is 0 Å². The minimum Gasteiger partial charge on any atom is -0.388 e. The summed E-state index contributed by atoms with van der Waals surface area (Å²) in [6.07, 6.45) is 0.448. The van der Waals surface area contributed by atoms with Crippen LogP contribution in [0.4, 0.5) is 0 Å². The van der Waals surface area contributed by atoms with Gasteiger partial charge in [-0.05, 0) is 41.5 Å². The van der Waals surface area contributed by atoms with Crippen LogP contribution in [-0.2, 0) is 5.41 Å². The number of hydrogen-bond donors (Lipinski definition) is 1. The van der Waals surface area contributed by atoms with E-state index in [-0.39, 0.29) is 11.5 Å². The van der Waals surface area contributed by atoms with Gasteiger partial charge in [0, 0.05) is 8.95 Å². The van der Waals surface area contributed by atoms with E-state index in [9.17, 15) is 5.11 Å². The predicted octanol–water partition coefficient (Wildman–Crippen LogP) is 4.23. The molecule has 0 amide bonds. The molecular formula is C12H14Br2O. The molecule has 82 valence electrons. The zero-order chi connectivity index (χ0) is 11.4. The predicted molar refractivity (Wildman–Crippen MR) is 69.2 cm³/mol. The van der Waals surface area contributed by atoms with Crippen LogP contribution in [0.5, 0.6) is 0 Å². The monoisotopic (exact) mass is 332 g/mol. The van der Waals surface area contributed by atoms with E-state index in [1.165, 1.54) is 5.56 Å². The van der Waals surface area contributed by atoms with Crippen molar-refractivity contribution in [3.63, 3.8) is 0 Å². The molecule has 1 aliphatic carbocycles. The molecule has 0 radical (unpaired) electrons. The first-order chi connectivity index (χ1) is 6.84. The molecule has 2 rings (SSSR count). The van der Waals surface area contributed by atoms with Gasteiger partial charge in [0.25, 0.3) is 0 Å². The molecule has 0 heterocycles. The van der Waals surface area contributed by atoms with E-state index in [1.807, 2.05) is 6.92 Å². The Morgan fingerprint density at radius 2 is 2.00 bits per heavy atom. The average molecular weight is 334 g/mol. The first-order valence-electron chi connectivity index (χ1n) is 5.01. The molecular weight excluding hydrogens is 320 g/mol. The van der Waals surface area contributed by atoms with E-state index >= 15 is 0 Å². The summed E-state index contributed by atoms with van der Waals surface area (Å²) in [5.41, 5.74) is 3.51. The molecule has 0 bridgehead atoms. The van der Waals surface area contributed by atoms with Crippen LogP contribution in [0.15, 0.2) is 15.0 Å². The quantitative estimate of drug-likeness (QED) is 0.753. The van der Waals surface area contributed by atoms with Crippen molar-refractivity contribution in [1.29, 1.82) is 0 Å². The molecule has 1 aromatic rings. The second-order valence-electron chi connectivity index (χ2n) is 4.88. The highest BCUT2D eigenvalue weighted by Crippen LogP contribution is 2.51. The van der Waals surface area contributed by atoms with Gasteiger partial charge in [0.2, 0.25) is 0 Å². The van der Waals surface area contributed by atoms with Crippen molar-refractivity contribution >= 4 is 31.9 Å². The third-order valence-electron chi connectivity index (χ3n) is 3.15. The van der Waals surface area contributed by atoms with Gasteiger partial charge in [-0.25, -0.2) is 0 Å². The number of hydrogen-bond acceptors (Lipinski definition) is 1. The summed E-state index contributed by atoms with van der Waals surface area (Å²) in [5.74, 6) is 0. The standard InChI is InChI=1S/C12H14Br2O/c1-6-4-7(13)10-9(11(6)14)8(15)5-12(10,2)3/h4,8,15H,5H2,1-3H3/t8-/m1/s1. The molecule has 0 spiro atoms. The van der Waals surface area contributed by atoms with Crippen LogP contribution in [-0.4, -0.2) is 5.11 Å². The molecule has 3 heteroatoms. The number of rotatable bonds is 0. The Kier molecular flexibility index (Phi) is 2.77. The summed E-state index contributed by atoms with van der Waals surface area (Å²) in [6, 6.07) is 2.11. The lowest BCUT2D eigenvalue weighted by Crippen LogP contribution is -2.13. The van der Waals surface area contributed by atoms with Gasteiger partial charge in [-0.3, -0.25) is 0 Å². The average Bonchev–Trinajstić information content (AvgIpc) is 2.32. The van der Waals surface area contributed by atoms with Gasteiger partial charge >= 0.3 is 0 Å². The third kappa shape index (κ3) is 1.69. The van der Waals surface area contributed by atoms with Crippen molar-refractivity contribution < 1.29 is 5.11 Å². The highest BCUT2D eigenvalue weighted by molar-refractivity contribution is 9.11. The van der Waals surface area contributed by atoms with Gasteiger partial charge in [0.05, 0.1) is 6.10 Å². The van der Waals surface area contributed by atoms with E-state index in [1.54, 1.807) is 0 Å². The Morgan fingerprint density at radius 1 is 1.40 bits per heavy atom. The number of halogens is 2. The van der Waals surface area contributed by atoms with Gasteiger partial charge in [-0.15, -0.1) is 0 Å². The van der Waals surface area contributed by atoms with Crippen LogP contribution in [0.2, 0.25) is 0 Å². The maximum atomic E-state index is 10.1. The van der Waals surface area contributed by atoms with Gasteiger partial charge in [-0.2, -0.15) is 0 Å². The second kappa shape index (κ2) is 3.57. The van der Waals surface area contributed by atoms with Gasteiger partial charge in [-0.1, -0.05) is 45.7 Å². The Balaban J connectivity index is 2.78. The zero-order valence-electron chi connectivity index (χ0n) is 9.06. The first kappa shape index (κ1) is 11.6. The van der Waals surface area contributed by atoms with Crippen LogP contribution in [0.3, 0.4) is 0 Å². The smallest absolute Gasteiger partial charge is 0.0812 e. The Morgan fingerprint density at radius 3 is 2.60 bits per heavy atom. The molecule has 0 saturated heterocycles. The fourth-order valence-corrected chi connectivity index (χ4v) is 4.14. The minimum absolute atomic E-state index is 0.0454. The van der Waals surface area contributed by atoms with Crippen LogP contribution in [0.25, 0.3) is 0 Å². The summed E-state index contributed by atoms with van der Waals surface area (Å²) in [5, 5.41) is 10.1. The molecule has 0 aliphatic heterocycles. The normalized spacial score (nSPS) is 22.9. The molecule has 0 aromatic heterocycles. The summed E-state index contributed by atoms with van der Waals surface area (Å²) < 4.78 is 2.17. The van der Waals surface area contributed by atoms with E-state index in [2.05, 4.69) is 51.8 Å². The summed E-state index contributed by atoms with van der Waals surface area (Å²) in [7, 11) is 0. The van der Waals surface area contributed by atoms with Crippen LogP contribution < -0.4 is 0 Å². The topological polar surface area (TPSA) is 20.2 Å². The summed E-state index contributed by atoms with van der Waals surface area (Å²) in [4.78, 5) is 0. The van der Waals surface area contributed by atoms with Crippen LogP contribution in [0, 0.1) is 6.92 Å². The molecule has 1 atom stereocenters. The second-order valence-corrected chi connectivity index (χ2v) is 6.53. The Hall–Kier alpha value is 0.140. The largest absolute Gasteiger partial charge is 0.388 e. The number of aliphatic hydroxyl groups is 1. The molecule has 1 nitrogen and oxygen atoms in total. The summed E-state index contributed by atoms with van der Waals surface area (Å²) in [6.45, 7) is 6.40. The fourth-order valence-electron chi connectivity index (χ4n) is 2.46. The van der Waals surface area contributed by atoms with Crippen molar-refractivity contribution in [3.05, 3.63) is 31.7 Å². The maximum Gasteiger partial charge on any atom is 0.0812 e. The van der Waals surface area contributed by atoms with Gasteiger partial charge in [0.1, 0.15) is 0 Å². The Bertz CT molecular complexity index is 424. The lowest BCUT2D eigenvalue weighted by atomic mass is 9.86. The SMILES string of the molecule is Cc1cc(Br)c2c(c1Br)[C@H](O)CC2(C)C.